The van der Waals surface area contributed by atoms with E-state index < -0.39 is 11.9 Å². The number of ether oxygens (including phenoxy) is 1. The van der Waals surface area contributed by atoms with Crippen molar-refractivity contribution in [2.45, 2.75) is 57.3 Å². The van der Waals surface area contributed by atoms with Gasteiger partial charge in [0.25, 0.3) is 0 Å². The summed E-state index contributed by atoms with van der Waals surface area (Å²) in [5, 5.41) is 21.0. The quantitative estimate of drug-likeness (QED) is 0.124. The molecule has 2 amide bonds. The number of phenols is 1. The minimum Gasteiger partial charge on any atom is -0.507 e. The first-order chi connectivity index (χ1) is 27.7. The van der Waals surface area contributed by atoms with Crippen LogP contribution in [0.25, 0.3) is 33.4 Å². The zero-order valence-corrected chi connectivity index (χ0v) is 32.5. The van der Waals surface area contributed by atoms with Crippen LogP contribution in [0.1, 0.15) is 49.3 Å². The predicted molar refractivity (Wildman–Crippen MR) is 218 cm³/mol. The van der Waals surface area contributed by atoms with Gasteiger partial charge in [-0.1, -0.05) is 42.5 Å². The minimum absolute atomic E-state index is 0.156. The van der Waals surface area contributed by atoms with Crippen molar-refractivity contribution in [3.63, 3.8) is 0 Å². The summed E-state index contributed by atoms with van der Waals surface area (Å²) in [5.41, 5.74) is 12.8. The molecule has 1 atom stereocenters. The average molecular weight is 774 g/mol. The number of para-hydroxylation sites is 1. The summed E-state index contributed by atoms with van der Waals surface area (Å²) in [6, 6.07) is 22.8. The normalized spacial score (nSPS) is 19.0. The number of likely N-dealkylation sites (tertiary alicyclic amines) is 1. The lowest BCUT2D eigenvalue weighted by molar-refractivity contribution is -0.135. The molecule has 298 valence electrons. The molecule has 3 fully saturated rings. The molecule has 8 rings (SSSR count). The van der Waals surface area contributed by atoms with Crippen LogP contribution in [-0.4, -0.2) is 109 Å². The molecule has 0 radical (unpaired) electrons. The monoisotopic (exact) mass is 773 g/mol. The molecule has 3 aromatic carbocycles. The summed E-state index contributed by atoms with van der Waals surface area (Å²) in [4.78, 5) is 44.8. The number of benzene rings is 3. The van der Waals surface area contributed by atoms with Gasteiger partial charge in [-0.25, -0.2) is 4.79 Å². The van der Waals surface area contributed by atoms with Crippen LogP contribution in [0.4, 0.5) is 5.82 Å². The van der Waals surface area contributed by atoms with Gasteiger partial charge in [-0.2, -0.15) is 0 Å². The zero-order chi connectivity index (χ0) is 39.5. The van der Waals surface area contributed by atoms with Crippen LogP contribution in [0.2, 0.25) is 0 Å². The van der Waals surface area contributed by atoms with Gasteiger partial charge >= 0.3 is 5.69 Å². The number of imide groups is 1. The topological polar surface area (TPSA) is 164 Å². The van der Waals surface area contributed by atoms with Gasteiger partial charge < -0.3 is 20.5 Å². The molecule has 0 spiro atoms. The highest BCUT2D eigenvalue weighted by atomic mass is 16.5. The van der Waals surface area contributed by atoms with Gasteiger partial charge in [-0.3, -0.25) is 33.8 Å². The molecule has 0 aliphatic carbocycles. The number of anilines is 1. The van der Waals surface area contributed by atoms with Crippen LogP contribution < -0.4 is 16.7 Å². The summed E-state index contributed by atoms with van der Waals surface area (Å²) in [6.07, 6.45) is 3.85. The Morgan fingerprint density at radius 3 is 2.25 bits per heavy atom. The molecule has 4 N–H and O–H groups in total. The van der Waals surface area contributed by atoms with Gasteiger partial charge in [-0.05, 0) is 72.7 Å². The highest BCUT2D eigenvalue weighted by Gasteiger charge is 2.31. The fraction of sp³-hybridized carbons (Fsp3) is 0.419. The number of rotatable bonds is 12. The van der Waals surface area contributed by atoms with Crippen molar-refractivity contribution >= 4 is 28.7 Å². The lowest BCUT2D eigenvalue weighted by Crippen LogP contribution is -2.46. The predicted octanol–water partition coefficient (Wildman–Crippen LogP) is 3.92. The van der Waals surface area contributed by atoms with E-state index in [9.17, 15) is 19.5 Å². The maximum absolute atomic E-state index is 13.1. The first-order valence-electron chi connectivity index (χ1n) is 20.0. The molecule has 14 nitrogen and oxygen atoms in total. The fourth-order valence-electron chi connectivity index (χ4n) is 8.44. The Balaban J connectivity index is 0.738. The Kier molecular flexibility index (Phi) is 11.5. The lowest BCUT2D eigenvalue weighted by Gasteiger charge is -2.35. The van der Waals surface area contributed by atoms with Crippen LogP contribution in [0, 0.1) is 0 Å². The Bertz CT molecular complexity index is 2290. The number of amides is 2. The maximum Gasteiger partial charge on any atom is 0.329 e. The van der Waals surface area contributed by atoms with Gasteiger partial charge in [0.1, 0.15) is 11.8 Å². The number of aromatic nitrogens is 4. The van der Waals surface area contributed by atoms with E-state index in [2.05, 4.69) is 54.5 Å². The molecule has 5 heterocycles. The van der Waals surface area contributed by atoms with Crippen LogP contribution in [0.15, 0.2) is 77.6 Å². The van der Waals surface area contributed by atoms with Crippen molar-refractivity contribution in [1.82, 2.24) is 39.3 Å². The Hall–Kier alpha value is -5.41. The number of aromatic hydroxyl groups is 1. The number of nitrogens with zero attached hydrogens (tertiary/aromatic N) is 7. The van der Waals surface area contributed by atoms with E-state index >= 15 is 0 Å². The summed E-state index contributed by atoms with van der Waals surface area (Å²) in [7, 11) is 1.73. The lowest BCUT2D eigenvalue weighted by atomic mass is 10.0. The van der Waals surface area contributed by atoms with Crippen molar-refractivity contribution in [3.05, 3.63) is 94.4 Å². The standard InChI is InChI=1S/C43H51N9O5/c1-48-38-25-30(9-12-36(38)52(43(48)56)37-13-14-40(54)45-42(37)55)28-50-18-15-32(16-19-50)57-24-4-17-49-20-22-51(23-21-49)27-29-7-10-31(11-8-29)34-26-35(46-47-41(34)44)33-5-2-3-6-39(33)53/h2-3,5-12,25-26,32,37,53H,4,13-24,27-28H2,1H3,(H2,44,47)(H,45,54,55). The zero-order valence-electron chi connectivity index (χ0n) is 32.5. The Labute approximate surface area is 331 Å². The highest BCUT2D eigenvalue weighted by Crippen LogP contribution is 2.32. The molecule has 0 saturated carbocycles. The van der Waals surface area contributed by atoms with Gasteiger partial charge in [0.15, 0.2) is 5.82 Å². The van der Waals surface area contributed by atoms with E-state index in [-0.39, 0.29) is 29.9 Å². The molecule has 5 aromatic rings. The molecule has 3 aliphatic heterocycles. The van der Waals surface area contributed by atoms with E-state index in [0.717, 1.165) is 107 Å². The Morgan fingerprint density at radius 1 is 0.789 bits per heavy atom. The number of hydrogen-bond acceptors (Lipinski definition) is 11. The number of nitrogens with one attached hydrogen (secondary N) is 1. The average Bonchev–Trinajstić information content (AvgIpc) is 3.46. The number of fused-ring (bicyclic) bond motifs is 1. The van der Waals surface area contributed by atoms with E-state index in [4.69, 9.17) is 10.5 Å². The van der Waals surface area contributed by atoms with Gasteiger partial charge in [-0.15, -0.1) is 10.2 Å². The third kappa shape index (κ3) is 8.64. The van der Waals surface area contributed by atoms with Crippen molar-refractivity contribution < 1.29 is 19.4 Å². The smallest absolute Gasteiger partial charge is 0.329 e. The Morgan fingerprint density at radius 2 is 1.49 bits per heavy atom. The third-order valence-electron chi connectivity index (χ3n) is 11.7. The number of imidazole rings is 1. The molecule has 3 saturated heterocycles. The fourth-order valence-corrected chi connectivity index (χ4v) is 8.44. The van der Waals surface area contributed by atoms with Crippen LogP contribution in [-0.2, 0) is 34.5 Å². The number of hydrogen-bond donors (Lipinski definition) is 3. The number of nitrogen functional groups attached to an aromatic ring is 1. The van der Waals surface area contributed by atoms with Crippen LogP contribution in [0.3, 0.4) is 0 Å². The minimum atomic E-state index is -0.677. The maximum atomic E-state index is 13.1. The van der Waals surface area contributed by atoms with Crippen LogP contribution in [0.5, 0.6) is 5.75 Å². The molecular weight excluding hydrogens is 723 g/mol. The number of phenolic OH excluding ortho intramolecular Hbond substituents is 1. The number of aryl methyl sites for hydroxylation is 1. The molecule has 1 unspecified atom stereocenters. The summed E-state index contributed by atoms with van der Waals surface area (Å²) < 4.78 is 9.46. The van der Waals surface area contributed by atoms with Gasteiger partial charge in [0.2, 0.25) is 11.8 Å². The van der Waals surface area contributed by atoms with Gasteiger partial charge in [0.05, 0.1) is 22.8 Å². The number of piperidine rings is 2. The first kappa shape index (κ1) is 38.5. The van der Waals surface area contributed by atoms with Crippen molar-refractivity contribution in [2.75, 3.05) is 58.2 Å². The molecule has 14 heteroatoms. The van der Waals surface area contributed by atoms with Crippen molar-refractivity contribution in [2.24, 2.45) is 7.05 Å². The van der Waals surface area contributed by atoms with E-state index in [1.54, 1.807) is 23.7 Å². The highest BCUT2D eigenvalue weighted by molar-refractivity contribution is 6.00. The summed E-state index contributed by atoms with van der Waals surface area (Å²) in [6.45, 7) is 9.58. The van der Waals surface area contributed by atoms with Crippen LogP contribution >= 0.6 is 0 Å². The molecule has 2 aromatic heterocycles. The van der Waals surface area contributed by atoms with E-state index in [1.807, 2.05) is 36.4 Å². The van der Waals surface area contributed by atoms with Gasteiger partial charge in [0, 0.05) is 90.1 Å². The second kappa shape index (κ2) is 17.0. The third-order valence-corrected chi connectivity index (χ3v) is 11.7. The van der Waals surface area contributed by atoms with Crippen molar-refractivity contribution in [3.8, 4) is 28.1 Å². The largest absolute Gasteiger partial charge is 0.507 e. The number of carbonyl (C=O) groups is 2. The molecule has 0 bridgehead atoms. The van der Waals surface area contributed by atoms with E-state index in [0.29, 0.717) is 29.0 Å². The van der Waals surface area contributed by atoms with Crippen molar-refractivity contribution in [1.29, 1.82) is 0 Å². The molecular formula is C43H51N9O5. The van der Waals surface area contributed by atoms with E-state index in [1.165, 1.54) is 10.1 Å². The summed E-state index contributed by atoms with van der Waals surface area (Å²) in [5.74, 6) is -0.198. The number of carbonyl (C=O) groups excluding carboxylic acids is 2. The number of nitrogens with two attached hydrogens (primary N) is 1. The SMILES string of the molecule is Cn1c(=O)n(C2CCC(=O)NC2=O)c2ccc(CN3CCC(OCCCN4CCN(Cc5ccc(-c6cc(-c7ccccc7O)nnc6N)cc5)CC4)CC3)cc21. The second-order valence-corrected chi connectivity index (χ2v) is 15.6. The second-order valence-electron chi connectivity index (χ2n) is 15.6. The first-order valence-corrected chi connectivity index (χ1v) is 20.0. The number of piperazine rings is 1. The summed E-state index contributed by atoms with van der Waals surface area (Å²) >= 11 is 0. The molecule has 3 aliphatic rings. The molecule has 57 heavy (non-hydrogen) atoms.